The van der Waals surface area contributed by atoms with Gasteiger partial charge in [0, 0.05) is 18.9 Å². The molecule has 3 rings (SSSR count). The van der Waals surface area contributed by atoms with Crippen molar-refractivity contribution in [2.45, 2.75) is 43.6 Å². The Hall–Kier alpha value is -1.43. The predicted octanol–water partition coefficient (Wildman–Crippen LogP) is 2.09. The molecule has 1 atom stereocenters. The van der Waals surface area contributed by atoms with Crippen LogP contribution in [0.1, 0.15) is 37.3 Å². The van der Waals surface area contributed by atoms with Crippen molar-refractivity contribution in [3.8, 4) is 0 Å². The molecule has 1 aliphatic carbocycles. The highest BCUT2D eigenvalue weighted by Crippen LogP contribution is 2.36. The summed E-state index contributed by atoms with van der Waals surface area (Å²) in [6.45, 7) is 1.33. The Morgan fingerprint density at radius 3 is 2.38 bits per heavy atom. The molecule has 2 fully saturated rings. The van der Waals surface area contributed by atoms with Crippen molar-refractivity contribution >= 4 is 5.97 Å². The van der Waals surface area contributed by atoms with E-state index in [-0.39, 0.29) is 6.04 Å². The quantitative estimate of drug-likeness (QED) is 0.889. The van der Waals surface area contributed by atoms with Gasteiger partial charge in [0.25, 0.3) is 0 Å². The van der Waals surface area contributed by atoms with Crippen LogP contribution in [0.25, 0.3) is 0 Å². The van der Waals surface area contributed by atoms with Crippen LogP contribution in [0.15, 0.2) is 30.3 Å². The first-order valence-corrected chi connectivity index (χ1v) is 7.50. The average Bonchev–Trinajstić information content (AvgIpc) is 2.96. The Morgan fingerprint density at radius 1 is 1.19 bits per heavy atom. The van der Waals surface area contributed by atoms with Gasteiger partial charge in [0.15, 0.2) is 5.79 Å². The van der Waals surface area contributed by atoms with E-state index in [4.69, 9.17) is 9.47 Å². The molecule has 2 N–H and O–H groups in total. The third-order valence-electron chi connectivity index (χ3n) is 4.34. The van der Waals surface area contributed by atoms with Gasteiger partial charge in [-0.25, -0.2) is 0 Å². The Kier molecular flexibility index (Phi) is 4.24. The second-order valence-corrected chi connectivity index (χ2v) is 5.73. The fourth-order valence-electron chi connectivity index (χ4n) is 3.20. The van der Waals surface area contributed by atoms with E-state index < -0.39 is 17.8 Å². The van der Waals surface area contributed by atoms with E-state index in [1.54, 1.807) is 0 Å². The molecule has 1 saturated heterocycles. The normalized spacial score (nSPS) is 23.2. The lowest BCUT2D eigenvalue weighted by Crippen LogP contribution is -2.44. The number of aliphatic carboxylic acids is 1. The van der Waals surface area contributed by atoms with Crippen molar-refractivity contribution in [3.05, 3.63) is 35.9 Å². The highest BCUT2D eigenvalue weighted by molar-refractivity contribution is 5.75. The molecule has 0 aromatic heterocycles. The lowest BCUT2D eigenvalue weighted by atomic mass is 9.89. The zero-order valence-electron chi connectivity index (χ0n) is 12.0. The van der Waals surface area contributed by atoms with Crippen LogP contribution in [0.5, 0.6) is 0 Å². The Balaban J connectivity index is 1.61. The molecule has 1 aromatic rings. The number of hydrogen-bond acceptors (Lipinski definition) is 4. The number of benzene rings is 1. The highest BCUT2D eigenvalue weighted by atomic mass is 16.7. The van der Waals surface area contributed by atoms with Crippen LogP contribution in [0.3, 0.4) is 0 Å². The van der Waals surface area contributed by atoms with Crippen LogP contribution in [-0.2, 0) is 14.3 Å². The zero-order chi connectivity index (χ0) is 14.7. The number of ether oxygens (including phenoxy) is 2. The predicted molar refractivity (Wildman–Crippen MR) is 76.8 cm³/mol. The summed E-state index contributed by atoms with van der Waals surface area (Å²) in [6, 6.07) is 8.84. The lowest BCUT2D eigenvalue weighted by molar-refractivity contribution is -0.180. The van der Waals surface area contributed by atoms with Gasteiger partial charge >= 0.3 is 5.97 Å². The molecule has 0 amide bonds. The van der Waals surface area contributed by atoms with Gasteiger partial charge in [-0.2, -0.15) is 0 Å². The molecule has 114 valence electrons. The molecule has 21 heavy (non-hydrogen) atoms. The molecule has 1 unspecified atom stereocenters. The van der Waals surface area contributed by atoms with Crippen LogP contribution in [0, 0.1) is 0 Å². The van der Waals surface area contributed by atoms with Gasteiger partial charge in [-0.05, 0) is 18.4 Å². The van der Waals surface area contributed by atoms with E-state index in [2.05, 4.69) is 5.32 Å². The molecule has 5 nitrogen and oxygen atoms in total. The SMILES string of the molecule is O=C(O)C(NC1CCC2(CC1)OCCO2)c1ccccc1. The van der Waals surface area contributed by atoms with Crippen molar-refractivity contribution in [2.75, 3.05) is 13.2 Å². The molecule has 1 aromatic carbocycles. The first-order chi connectivity index (χ1) is 10.2. The van der Waals surface area contributed by atoms with Crippen molar-refractivity contribution in [1.29, 1.82) is 0 Å². The standard InChI is InChI=1S/C16H21NO4/c18-15(19)14(12-4-2-1-3-5-12)17-13-6-8-16(9-7-13)20-10-11-21-16/h1-5,13-14,17H,6-11H2,(H,18,19). The van der Waals surface area contributed by atoms with Gasteiger partial charge in [-0.15, -0.1) is 0 Å². The summed E-state index contributed by atoms with van der Waals surface area (Å²) in [7, 11) is 0. The molecule has 2 aliphatic rings. The molecular formula is C16H21NO4. The summed E-state index contributed by atoms with van der Waals surface area (Å²) in [5, 5.41) is 12.7. The molecule has 1 heterocycles. The third kappa shape index (κ3) is 3.26. The fraction of sp³-hybridized carbons (Fsp3) is 0.562. The summed E-state index contributed by atoms with van der Waals surface area (Å²) >= 11 is 0. The minimum Gasteiger partial charge on any atom is -0.480 e. The molecule has 0 radical (unpaired) electrons. The lowest BCUT2D eigenvalue weighted by Gasteiger charge is -2.36. The summed E-state index contributed by atoms with van der Waals surface area (Å²) in [6.07, 6.45) is 3.39. The monoisotopic (exact) mass is 291 g/mol. The summed E-state index contributed by atoms with van der Waals surface area (Å²) in [4.78, 5) is 11.5. The largest absolute Gasteiger partial charge is 0.480 e. The number of rotatable bonds is 4. The minimum absolute atomic E-state index is 0.185. The van der Waals surface area contributed by atoms with Gasteiger partial charge < -0.3 is 14.6 Å². The molecular weight excluding hydrogens is 270 g/mol. The van der Waals surface area contributed by atoms with E-state index in [9.17, 15) is 9.90 Å². The number of carbonyl (C=O) groups is 1. The maximum atomic E-state index is 11.5. The van der Waals surface area contributed by atoms with Crippen molar-refractivity contribution in [3.63, 3.8) is 0 Å². The van der Waals surface area contributed by atoms with E-state index in [1.807, 2.05) is 30.3 Å². The van der Waals surface area contributed by atoms with Crippen LogP contribution in [0.4, 0.5) is 0 Å². The summed E-state index contributed by atoms with van der Waals surface area (Å²) < 4.78 is 11.4. The first-order valence-electron chi connectivity index (χ1n) is 7.50. The third-order valence-corrected chi connectivity index (χ3v) is 4.34. The maximum absolute atomic E-state index is 11.5. The molecule has 1 saturated carbocycles. The number of nitrogens with one attached hydrogen (secondary N) is 1. The second kappa shape index (κ2) is 6.13. The average molecular weight is 291 g/mol. The summed E-state index contributed by atoms with van der Waals surface area (Å²) in [5.74, 6) is -1.24. The molecule has 1 aliphatic heterocycles. The van der Waals surface area contributed by atoms with Gasteiger partial charge in [0.2, 0.25) is 0 Å². The van der Waals surface area contributed by atoms with E-state index in [0.29, 0.717) is 13.2 Å². The van der Waals surface area contributed by atoms with Crippen LogP contribution in [-0.4, -0.2) is 36.1 Å². The molecule has 5 heteroatoms. The van der Waals surface area contributed by atoms with Crippen molar-refractivity contribution in [1.82, 2.24) is 5.32 Å². The Labute approximate surface area is 124 Å². The van der Waals surface area contributed by atoms with Crippen LogP contribution < -0.4 is 5.32 Å². The Morgan fingerprint density at radius 2 is 1.81 bits per heavy atom. The van der Waals surface area contributed by atoms with Gasteiger partial charge in [-0.3, -0.25) is 10.1 Å². The van der Waals surface area contributed by atoms with E-state index >= 15 is 0 Å². The topological polar surface area (TPSA) is 67.8 Å². The first kappa shape index (κ1) is 14.5. The summed E-state index contributed by atoms with van der Waals surface area (Å²) in [5.41, 5.74) is 0.790. The van der Waals surface area contributed by atoms with E-state index in [0.717, 1.165) is 31.2 Å². The number of hydrogen-bond donors (Lipinski definition) is 2. The van der Waals surface area contributed by atoms with Crippen LogP contribution in [0.2, 0.25) is 0 Å². The van der Waals surface area contributed by atoms with Gasteiger partial charge in [0.1, 0.15) is 6.04 Å². The fourth-order valence-corrected chi connectivity index (χ4v) is 3.20. The van der Waals surface area contributed by atoms with Gasteiger partial charge in [0.05, 0.1) is 13.2 Å². The zero-order valence-corrected chi connectivity index (χ0v) is 12.0. The molecule has 0 bridgehead atoms. The highest BCUT2D eigenvalue weighted by Gasteiger charge is 2.41. The van der Waals surface area contributed by atoms with E-state index in [1.165, 1.54) is 0 Å². The smallest absolute Gasteiger partial charge is 0.325 e. The number of carboxylic acids is 1. The second-order valence-electron chi connectivity index (χ2n) is 5.73. The van der Waals surface area contributed by atoms with Crippen molar-refractivity contribution < 1.29 is 19.4 Å². The maximum Gasteiger partial charge on any atom is 0.325 e. The van der Waals surface area contributed by atoms with Gasteiger partial charge in [-0.1, -0.05) is 30.3 Å². The van der Waals surface area contributed by atoms with Crippen molar-refractivity contribution in [2.24, 2.45) is 0 Å². The van der Waals surface area contributed by atoms with Crippen LogP contribution >= 0.6 is 0 Å². The minimum atomic E-state index is -0.838. The Bertz CT molecular complexity index is 474. The number of carboxylic acid groups (broad SMARTS) is 1. The molecule has 1 spiro atoms.